The van der Waals surface area contributed by atoms with Gasteiger partial charge in [0.1, 0.15) is 5.75 Å². The lowest BCUT2D eigenvalue weighted by Crippen LogP contribution is -2.43. The summed E-state index contributed by atoms with van der Waals surface area (Å²) in [5.74, 6) is 0.793. The molecule has 1 saturated heterocycles. The number of nitrogens with one attached hydrogen (secondary N) is 1. The molecule has 0 radical (unpaired) electrons. The average Bonchev–Trinajstić information content (AvgIpc) is 2.86. The van der Waals surface area contributed by atoms with E-state index < -0.39 is 0 Å². The molecule has 1 heterocycles. The Labute approximate surface area is 195 Å². The number of fused-ring (bicyclic) bond motifs is 1. The largest absolute Gasteiger partial charge is 0.496 e. The van der Waals surface area contributed by atoms with Crippen LogP contribution in [-0.4, -0.2) is 36.9 Å². The van der Waals surface area contributed by atoms with Crippen LogP contribution in [-0.2, 0) is 4.79 Å². The van der Waals surface area contributed by atoms with E-state index in [4.69, 9.17) is 4.74 Å². The van der Waals surface area contributed by atoms with Crippen molar-refractivity contribution in [3.8, 4) is 5.75 Å². The highest BCUT2D eigenvalue weighted by Crippen LogP contribution is 2.30. The van der Waals surface area contributed by atoms with Crippen LogP contribution >= 0.6 is 0 Å². The van der Waals surface area contributed by atoms with Gasteiger partial charge >= 0.3 is 0 Å². The van der Waals surface area contributed by atoms with Crippen LogP contribution < -0.4 is 10.1 Å². The first-order valence-electron chi connectivity index (χ1n) is 11.7. The molecule has 5 heteroatoms. The van der Waals surface area contributed by atoms with Crippen molar-refractivity contribution in [3.63, 3.8) is 0 Å². The van der Waals surface area contributed by atoms with Gasteiger partial charge < -0.3 is 15.0 Å². The Morgan fingerprint density at radius 2 is 1.67 bits per heavy atom. The molecule has 1 N–H and O–H groups in total. The summed E-state index contributed by atoms with van der Waals surface area (Å²) in [5.41, 5.74) is 3.02. The zero-order chi connectivity index (χ0) is 23.4. The van der Waals surface area contributed by atoms with E-state index in [2.05, 4.69) is 43.4 Å². The molecule has 0 aromatic heterocycles. The highest BCUT2D eigenvalue weighted by Gasteiger charge is 2.29. The minimum Gasteiger partial charge on any atom is -0.496 e. The van der Waals surface area contributed by atoms with Gasteiger partial charge in [0.2, 0.25) is 5.91 Å². The van der Waals surface area contributed by atoms with Gasteiger partial charge in [-0.2, -0.15) is 0 Å². The van der Waals surface area contributed by atoms with Crippen LogP contribution in [0.5, 0.6) is 5.75 Å². The molecule has 1 atom stereocenters. The van der Waals surface area contributed by atoms with Gasteiger partial charge in [-0.25, -0.2) is 0 Å². The first-order chi connectivity index (χ1) is 16.0. The minimum absolute atomic E-state index is 0.0128. The van der Waals surface area contributed by atoms with Crippen molar-refractivity contribution < 1.29 is 14.3 Å². The number of aryl methyl sites for hydroxylation is 1. The zero-order valence-corrected chi connectivity index (χ0v) is 19.6. The molecule has 1 aliphatic heterocycles. The van der Waals surface area contributed by atoms with E-state index in [1.165, 1.54) is 5.56 Å². The number of likely N-dealkylation sites (tertiary alicyclic amines) is 1. The van der Waals surface area contributed by atoms with E-state index in [0.29, 0.717) is 31.5 Å². The fourth-order valence-electron chi connectivity index (χ4n) is 4.66. The molecule has 0 aliphatic carbocycles. The average molecular weight is 445 g/mol. The number of methoxy groups -OCH3 is 1. The van der Waals surface area contributed by atoms with Gasteiger partial charge in [0.25, 0.3) is 5.91 Å². The highest BCUT2D eigenvalue weighted by molar-refractivity contribution is 6.08. The topological polar surface area (TPSA) is 58.6 Å². The summed E-state index contributed by atoms with van der Waals surface area (Å²) in [5, 5.41) is 5.05. The molecule has 0 spiro atoms. The number of rotatable bonds is 6. The molecule has 1 fully saturated rings. The molecule has 172 valence electrons. The van der Waals surface area contributed by atoms with Crippen LogP contribution in [0, 0.1) is 12.8 Å². The van der Waals surface area contributed by atoms with E-state index in [-0.39, 0.29) is 23.8 Å². The molecule has 1 aliphatic rings. The monoisotopic (exact) mass is 444 g/mol. The predicted octanol–water partition coefficient (Wildman–Crippen LogP) is 5.28. The SMILES string of the molecule is CCC(NC(=O)C1CCN(C(=O)c2ccc(OC)c3ccccc23)CC1)c1ccc(C)cc1. The van der Waals surface area contributed by atoms with Crippen molar-refractivity contribution in [1.82, 2.24) is 10.2 Å². The van der Waals surface area contributed by atoms with Gasteiger partial charge in [0, 0.05) is 30.0 Å². The summed E-state index contributed by atoms with van der Waals surface area (Å²) in [4.78, 5) is 28.2. The van der Waals surface area contributed by atoms with Crippen LogP contribution in [0.3, 0.4) is 0 Å². The lowest BCUT2D eigenvalue weighted by atomic mass is 9.93. The summed E-state index contributed by atoms with van der Waals surface area (Å²) in [6.45, 7) is 5.32. The van der Waals surface area contributed by atoms with Gasteiger partial charge in [-0.3, -0.25) is 9.59 Å². The zero-order valence-electron chi connectivity index (χ0n) is 19.6. The summed E-state index contributed by atoms with van der Waals surface area (Å²) in [7, 11) is 1.64. The second-order valence-electron chi connectivity index (χ2n) is 8.81. The lowest BCUT2D eigenvalue weighted by molar-refractivity contribution is -0.127. The van der Waals surface area contributed by atoms with Crippen LogP contribution in [0.4, 0.5) is 0 Å². The molecule has 4 rings (SSSR count). The third-order valence-electron chi connectivity index (χ3n) is 6.69. The summed E-state index contributed by atoms with van der Waals surface area (Å²) in [6.07, 6.45) is 2.20. The van der Waals surface area contributed by atoms with E-state index >= 15 is 0 Å². The van der Waals surface area contributed by atoms with Crippen molar-refractivity contribution in [3.05, 3.63) is 77.4 Å². The van der Waals surface area contributed by atoms with E-state index in [1.54, 1.807) is 7.11 Å². The molecule has 1 unspecified atom stereocenters. The molecule has 0 bridgehead atoms. The number of benzene rings is 3. The van der Waals surface area contributed by atoms with E-state index in [0.717, 1.165) is 28.5 Å². The van der Waals surface area contributed by atoms with Gasteiger partial charge in [-0.1, -0.05) is 61.0 Å². The normalized spacial score (nSPS) is 15.3. The molecule has 33 heavy (non-hydrogen) atoms. The summed E-state index contributed by atoms with van der Waals surface area (Å²) in [6, 6.07) is 19.9. The summed E-state index contributed by atoms with van der Waals surface area (Å²) >= 11 is 0. The lowest BCUT2D eigenvalue weighted by Gasteiger charge is -2.32. The number of nitrogens with zero attached hydrogens (tertiary/aromatic N) is 1. The van der Waals surface area contributed by atoms with Crippen molar-refractivity contribution in [1.29, 1.82) is 0 Å². The van der Waals surface area contributed by atoms with Crippen LogP contribution in [0.1, 0.15) is 53.7 Å². The number of carbonyl (C=O) groups excluding carboxylic acids is 2. The second-order valence-corrected chi connectivity index (χ2v) is 8.81. The van der Waals surface area contributed by atoms with Gasteiger partial charge in [-0.15, -0.1) is 0 Å². The van der Waals surface area contributed by atoms with E-state index in [9.17, 15) is 9.59 Å². The third kappa shape index (κ3) is 4.87. The van der Waals surface area contributed by atoms with Gasteiger partial charge in [0.05, 0.1) is 13.2 Å². The Balaban J connectivity index is 1.40. The predicted molar refractivity (Wildman–Crippen MR) is 131 cm³/mol. The number of hydrogen-bond acceptors (Lipinski definition) is 3. The highest BCUT2D eigenvalue weighted by atomic mass is 16.5. The van der Waals surface area contributed by atoms with Crippen LogP contribution in [0.25, 0.3) is 10.8 Å². The van der Waals surface area contributed by atoms with Crippen molar-refractivity contribution >= 4 is 22.6 Å². The first-order valence-corrected chi connectivity index (χ1v) is 11.7. The van der Waals surface area contributed by atoms with Gasteiger partial charge in [-0.05, 0) is 49.3 Å². The molecule has 0 saturated carbocycles. The van der Waals surface area contributed by atoms with Crippen LogP contribution in [0.15, 0.2) is 60.7 Å². The first kappa shape index (κ1) is 22.8. The van der Waals surface area contributed by atoms with Crippen LogP contribution in [0.2, 0.25) is 0 Å². The van der Waals surface area contributed by atoms with Crippen molar-refractivity contribution in [2.45, 2.75) is 39.2 Å². The minimum atomic E-state index is -0.0684. The fourth-order valence-corrected chi connectivity index (χ4v) is 4.66. The maximum absolute atomic E-state index is 13.3. The Morgan fingerprint density at radius 1 is 1.00 bits per heavy atom. The molecule has 3 aromatic rings. The Bertz CT molecular complexity index is 1130. The van der Waals surface area contributed by atoms with Crippen molar-refractivity contribution in [2.24, 2.45) is 5.92 Å². The van der Waals surface area contributed by atoms with Crippen molar-refractivity contribution in [2.75, 3.05) is 20.2 Å². The Hall–Kier alpha value is -3.34. The number of piperidine rings is 1. The third-order valence-corrected chi connectivity index (χ3v) is 6.69. The molecule has 5 nitrogen and oxygen atoms in total. The Morgan fingerprint density at radius 3 is 2.30 bits per heavy atom. The maximum atomic E-state index is 13.3. The molecular formula is C28H32N2O3. The summed E-state index contributed by atoms with van der Waals surface area (Å²) < 4.78 is 5.46. The number of carbonyl (C=O) groups is 2. The number of ether oxygens (including phenoxy) is 1. The Kier molecular flexibility index (Phi) is 6.97. The quantitative estimate of drug-likeness (QED) is 0.563. The number of hydrogen-bond donors (Lipinski definition) is 1. The molecular weight excluding hydrogens is 412 g/mol. The second kappa shape index (κ2) is 10.1. The molecule has 3 aromatic carbocycles. The smallest absolute Gasteiger partial charge is 0.254 e. The maximum Gasteiger partial charge on any atom is 0.254 e. The fraction of sp³-hybridized carbons (Fsp3) is 0.357. The standard InChI is InChI=1S/C28H32N2O3/c1-4-25(20-11-9-19(2)10-12-20)29-27(31)21-15-17-30(18-16-21)28(32)24-13-14-26(33-3)23-8-6-5-7-22(23)24/h5-14,21,25H,4,15-18H2,1-3H3,(H,29,31). The van der Waals surface area contributed by atoms with E-state index in [1.807, 2.05) is 41.3 Å². The molecule has 2 amide bonds. The number of amides is 2. The van der Waals surface area contributed by atoms with Gasteiger partial charge in [0.15, 0.2) is 0 Å².